The third-order valence-electron chi connectivity index (χ3n) is 2.71. The fourth-order valence-corrected chi connectivity index (χ4v) is 3.73. The fraction of sp³-hybridized carbons (Fsp3) is 0. The number of aromatic hydroxyl groups is 3. The monoisotopic (exact) mass is 374 g/mol. The maximum absolute atomic E-state index is 9.95. The van der Waals surface area contributed by atoms with Crippen molar-refractivity contribution in [2.24, 2.45) is 0 Å². The van der Waals surface area contributed by atoms with E-state index in [0.717, 1.165) is 4.70 Å². The lowest BCUT2D eigenvalue weighted by atomic mass is 10.1. The summed E-state index contributed by atoms with van der Waals surface area (Å²) in [7, 11) is 0. The van der Waals surface area contributed by atoms with Crippen LogP contribution in [0, 0.1) is 0 Å². The van der Waals surface area contributed by atoms with Gasteiger partial charge in [-0.05, 0) is 18.2 Å². The summed E-state index contributed by atoms with van der Waals surface area (Å²) in [6.45, 7) is 0. The van der Waals surface area contributed by atoms with Gasteiger partial charge in [0.05, 0.1) is 4.70 Å². The highest BCUT2D eigenvalue weighted by atomic mass is 127. The Morgan fingerprint density at radius 3 is 2.50 bits per heavy atom. The van der Waals surface area contributed by atoms with E-state index in [-0.39, 0.29) is 17.2 Å². The number of phenolic OH excluding ortho intramolecular Hbond substituents is 3. The second-order valence-electron chi connectivity index (χ2n) is 3.80. The minimum atomic E-state index is -0.0582. The van der Waals surface area contributed by atoms with Gasteiger partial charge in [-0.15, -0.1) is 11.3 Å². The molecule has 3 aromatic rings. The largest absolute Gasteiger partial charge is 0.508 e. The van der Waals surface area contributed by atoms with E-state index < -0.39 is 0 Å². The van der Waals surface area contributed by atoms with Crippen LogP contribution in [0.15, 0.2) is 24.3 Å². The van der Waals surface area contributed by atoms with E-state index in [1.165, 1.54) is 23.5 Å². The molecule has 0 unspecified atom stereocenters. The molecule has 0 atom stereocenters. The van der Waals surface area contributed by atoms with Gasteiger partial charge in [0.2, 0.25) is 0 Å². The molecule has 0 aliphatic heterocycles. The Labute approximate surface area is 120 Å². The van der Waals surface area contributed by atoms with Crippen molar-refractivity contribution in [1.29, 1.82) is 0 Å². The van der Waals surface area contributed by atoms with Gasteiger partial charge in [0, 0.05) is 21.5 Å². The first-order chi connectivity index (χ1) is 8.61. The van der Waals surface area contributed by atoms with E-state index in [0.29, 0.717) is 21.2 Å². The third-order valence-corrected chi connectivity index (χ3v) is 4.34. The van der Waals surface area contributed by atoms with E-state index in [4.69, 9.17) is 3.07 Å². The number of hydrogen-bond acceptors (Lipinski definition) is 5. The summed E-state index contributed by atoms with van der Waals surface area (Å²) in [6.07, 6.45) is 0. The Kier molecular flexibility index (Phi) is 2.63. The van der Waals surface area contributed by atoms with Gasteiger partial charge in [-0.3, -0.25) is 0 Å². The SMILES string of the molecule is Oc1cc(O)c2c(c1)sc1c(OI)ccc(O)c12. The summed E-state index contributed by atoms with van der Waals surface area (Å²) < 4.78 is 6.64. The molecule has 0 radical (unpaired) electrons. The smallest absolute Gasteiger partial charge is 0.192 e. The molecule has 0 saturated carbocycles. The molecular weight excluding hydrogens is 367 g/mol. The van der Waals surface area contributed by atoms with Gasteiger partial charge in [-0.1, -0.05) is 0 Å². The van der Waals surface area contributed by atoms with Crippen LogP contribution < -0.4 is 3.07 Å². The molecule has 0 aliphatic carbocycles. The number of halogens is 1. The molecular formula is C12H7IO4S. The standard InChI is InChI=1S/C12H7IO4S/c13-17-8-2-1-6(15)11-10-7(16)3-5(14)4-9(10)18-12(8)11/h1-4,14-16H. The number of benzene rings is 2. The zero-order valence-corrected chi connectivity index (χ0v) is 11.8. The minimum Gasteiger partial charge on any atom is -0.508 e. The minimum absolute atomic E-state index is 0.0111. The van der Waals surface area contributed by atoms with Crippen molar-refractivity contribution in [3.05, 3.63) is 24.3 Å². The van der Waals surface area contributed by atoms with E-state index in [1.54, 1.807) is 35.1 Å². The molecule has 0 saturated heterocycles. The van der Waals surface area contributed by atoms with Crippen molar-refractivity contribution in [2.45, 2.75) is 0 Å². The Morgan fingerprint density at radius 2 is 1.78 bits per heavy atom. The molecule has 6 heteroatoms. The van der Waals surface area contributed by atoms with Gasteiger partial charge in [0.25, 0.3) is 0 Å². The average molecular weight is 374 g/mol. The highest BCUT2D eigenvalue weighted by molar-refractivity contribution is 14.1. The van der Waals surface area contributed by atoms with Gasteiger partial charge in [0.1, 0.15) is 17.2 Å². The number of rotatable bonds is 1. The summed E-state index contributed by atoms with van der Waals surface area (Å²) >= 11 is 3.11. The summed E-state index contributed by atoms with van der Waals surface area (Å²) in [4.78, 5) is 0. The molecule has 3 rings (SSSR count). The first-order valence-corrected chi connectivity index (χ1v) is 6.70. The van der Waals surface area contributed by atoms with Crippen LogP contribution in [-0.2, 0) is 0 Å². The van der Waals surface area contributed by atoms with E-state index in [9.17, 15) is 15.3 Å². The molecule has 4 nitrogen and oxygen atoms in total. The average Bonchev–Trinajstić information content (AvgIpc) is 2.69. The van der Waals surface area contributed by atoms with Gasteiger partial charge >= 0.3 is 0 Å². The third kappa shape index (κ3) is 1.56. The highest BCUT2D eigenvalue weighted by Crippen LogP contribution is 2.48. The van der Waals surface area contributed by atoms with Crippen molar-refractivity contribution in [3.63, 3.8) is 0 Å². The molecule has 3 N–H and O–H groups in total. The van der Waals surface area contributed by atoms with Gasteiger partial charge < -0.3 is 18.4 Å². The maximum Gasteiger partial charge on any atom is 0.192 e. The molecule has 92 valence electrons. The highest BCUT2D eigenvalue weighted by Gasteiger charge is 2.17. The Hall–Kier alpha value is -1.41. The van der Waals surface area contributed by atoms with Gasteiger partial charge in [-0.2, -0.15) is 0 Å². The maximum atomic E-state index is 9.95. The molecule has 0 fully saturated rings. The predicted octanol–water partition coefficient (Wildman–Crippen LogP) is 3.90. The topological polar surface area (TPSA) is 69.9 Å². The fourth-order valence-electron chi connectivity index (χ4n) is 1.99. The molecule has 18 heavy (non-hydrogen) atoms. The lowest BCUT2D eigenvalue weighted by Gasteiger charge is -2.02. The van der Waals surface area contributed by atoms with Crippen LogP contribution in [0.25, 0.3) is 20.2 Å². The summed E-state index contributed by atoms with van der Waals surface area (Å²) in [5, 5.41) is 30.4. The zero-order chi connectivity index (χ0) is 12.9. The Morgan fingerprint density at radius 1 is 1.00 bits per heavy atom. The molecule has 0 amide bonds. The van der Waals surface area contributed by atoms with Crippen LogP contribution in [0.5, 0.6) is 23.0 Å². The van der Waals surface area contributed by atoms with Gasteiger partial charge in [-0.25, -0.2) is 0 Å². The quantitative estimate of drug-likeness (QED) is 0.565. The van der Waals surface area contributed by atoms with Crippen molar-refractivity contribution in [1.82, 2.24) is 0 Å². The Balaban J connectivity index is 2.59. The van der Waals surface area contributed by atoms with Crippen LogP contribution in [0.4, 0.5) is 0 Å². The van der Waals surface area contributed by atoms with E-state index in [1.807, 2.05) is 0 Å². The second kappa shape index (κ2) is 4.06. The van der Waals surface area contributed by atoms with Crippen LogP contribution in [0.2, 0.25) is 0 Å². The lowest BCUT2D eigenvalue weighted by Crippen LogP contribution is -1.76. The second-order valence-corrected chi connectivity index (χ2v) is 5.30. The molecule has 2 aromatic carbocycles. The van der Waals surface area contributed by atoms with Crippen molar-refractivity contribution >= 4 is 54.5 Å². The van der Waals surface area contributed by atoms with Crippen LogP contribution >= 0.6 is 34.3 Å². The molecule has 0 aliphatic rings. The van der Waals surface area contributed by atoms with Crippen molar-refractivity contribution < 1.29 is 18.4 Å². The van der Waals surface area contributed by atoms with Gasteiger partial charge in [0.15, 0.2) is 28.8 Å². The number of hydrogen-bond donors (Lipinski definition) is 3. The molecule has 0 bridgehead atoms. The number of fused-ring (bicyclic) bond motifs is 3. The number of thiophene rings is 1. The first kappa shape index (κ1) is 11.7. The van der Waals surface area contributed by atoms with Crippen molar-refractivity contribution in [2.75, 3.05) is 0 Å². The predicted molar refractivity (Wildman–Crippen MR) is 79.0 cm³/mol. The lowest BCUT2D eigenvalue weighted by molar-refractivity contribution is 0.455. The van der Waals surface area contributed by atoms with Crippen LogP contribution in [0.3, 0.4) is 0 Å². The van der Waals surface area contributed by atoms with Crippen LogP contribution in [-0.4, -0.2) is 15.3 Å². The zero-order valence-electron chi connectivity index (χ0n) is 8.85. The number of phenols is 3. The molecule has 0 spiro atoms. The molecule has 1 heterocycles. The molecule has 1 aromatic heterocycles. The van der Waals surface area contributed by atoms with E-state index >= 15 is 0 Å². The Bertz CT molecular complexity index is 766. The first-order valence-electron chi connectivity index (χ1n) is 5.00. The van der Waals surface area contributed by atoms with E-state index in [2.05, 4.69) is 0 Å². The normalized spacial score (nSPS) is 11.2. The summed E-state index contributed by atoms with van der Waals surface area (Å²) in [5.41, 5.74) is 0. The summed E-state index contributed by atoms with van der Waals surface area (Å²) in [5.74, 6) is 0.623. The van der Waals surface area contributed by atoms with Crippen LogP contribution in [0.1, 0.15) is 0 Å². The summed E-state index contributed by atoms with van der Waals surface area (Å²) in [6, 6.07) is 5.99. The van der Waals surface area contributed by atoms with Crippen molar-refractivity contribution in [3.8, 4) is 23.0 Å².